The van der Waals surface area contributed by atoms with Crippen molar-refractivity contribution in [2.45, 2.75) is 38.7 Å². The molecule has 0 spiro atoms. The molecule has 0 saturated heterocycles. The summed E-state index contributed by atoms with van der Waals surface area (Å²) < 4.78 is 18.6. The summed E-state index contributed by atoms with van der Waals surface area (Å²) in [7, 11) is 0. The third-order valence-electron chi connectivity index (χ3n) is 4.11. The van der Waals surface area contributed by atoms with Crippen LogP contribution < -0.4 is 10.1 Å². The molecule has 0 aliphatic heterocycles. The van der Waals surface area contributed by atoms with Crippen LogP contribution in [0.2, 0.25) is 0 Å². The van der Waals surface area contributed by atoms with Crippen LogP contribution in [-0.4, -0.2) is 12.0 Å². The molecule has 0 saturated carbocycles. The van der Waals surface area contributed by atoms with Crippen molar-refractivity contribution in [3.63, 3.8) is 0 Å². The highest BCUT2D eigenvalue weighted by Crippen LogP contribution is 2.26. The van der Waals surface area contributed by atoms with Gasteiger partial charge in [-0.05, 0) is 80.1 Å². The van der Waals surface area contributed by atoms with E-state index < -0.39 is 6.10 Å². The monoisotopic (exact) mass is 313 g/mol. The van der Waals surface area contributed by atoms with Crippen molar-refractivity contribution in [3.05, 3.63) is 59.4 Å². The Morgan fingerprint density at radius 2 is 1.78 bits per heavy atom. The summed E-state index contributed by atoms with van der Waals surface area (Å²) in [4.78, 5) is 12.2. The standard InChI is InChI=1S/C19H20FNO2/c1-13(19(22)21-17-9-7-16(20)8-10-17)23-18-11-6-14-4-2-3-5-15(14)12-18/h6-13H,2-5H2,1H3,(H,21,22)/t13-/m1/s1. The van der Waals surface area contributed by atoms with Gasteiger partial charge in [-0.25, -0.2) is 4.39 Å². The summed E-state index contributed by atoms with van der Waals surface area (Å²) in [5, 5.41) is 2.72. The lowest BCUT2D eigenvalue weighted by Gasteiger charge is -2.19. The number of amides is 1. The van der Waals surface area contributed by atoms with E-state index in [1.807, 2.05) is 12.1 Å². The highest BCUT2D eigenvalue weighted by Gasteiger charge is 2.16. The van der Waals surface area contributed by atoms with Gasteiger partial charge in [0.05, 0.1) is 0 Å². The Morgan fingerprint density at radius 3 is 2.52 bits per heavy atom. The largest absolute Gasteiger partial charge is 0.481 e. The minimum atomic E-state index is -0.623. The van der Waals surface area contributed by atoms with Gasteiger partial charge in [0.2, 0.25) is 0 Å². The van der Waals surface area contributed by atoms with Crippen LogP contribution in [0.5, 0.6) is 5.75 Å². The second kappa shape index (κ2) is 6.82. The lowest BCUT2D eigenvalue weighted by atomic mass is 9.92. The zero-order chi connectivity index (χ0) is 16.2. The second-order valence-electron chi connectivity index (χ2n) is 5.89. The molecule has 3 nitrogen and oxygen atoms in total. The SMILES string of the molecule is C[C@@H](Oc1ccc2c(c1)CCCC2)C(=O)Nc1ccc(F)cc1. The van der Waals surface area contributed by atoms with E-state index in [4.69, 9.17) is 4.74 Å². The van der Waals surface area contributed by atoms with Crippen molar-refractivity contribution in [2.75, 3.05) is 5.32 Å². The van der Waals surface area contributed by atoms with Crippen LogP contribution in [0.3, 0.4) is 0 Å². The van der Waals surface area contributed by atoms with Crippen LogP contribution in [0.15, 0.2) is 42.5 Å². The van der Waals surface area contributed by atoms with Crippen molar-refractivity contribution >= 4 is 11.6 Å². The second-order valence-corrected chi connectivity index (χ2v) is 5.89. The molecule has 1 aliphatic rings. The Morgan fingerprint density at radius 1 is 1.09 bits per heavy atom. The number of carbonyl (C=O) groups excluding carboxylic acids is 1. The lowest BCUT2D eigenvalue weighted by molar-refractivity contribution is -0.122. The van der Waals surface area contributed by atoms with E-state index in [-0.39, 0.29) is 11.7 Å². The van der Waals surface area contributed by atoms with Crippen molar-refractivity contribution in [2.24, 2.45) is 0 Å². The minimum Gasteiger partial charge on any atom is -0.481 e. The van der Waals surface area contributed by atoms with Crippen LogP contribution >= 0.6 is 0 Å². The molecule has 120 valence electrons. The Hall–Kier alpha value is -2.36. The summed E-state index contributed by atoms with van der Waals surface area (Å²) >= 11 is 0. The van der Waals surface area contributed by atoms with E-state index >= 15 is 0 Å². The van der Waals surface area contributed by atoms with E-state index in [9.17, 15) is 9.18 Å². The number of nitrogens with one attached hydrogen (secondary N) is 1. The molecule has 1 N–H and O–H groups in total. The molecule has 0 unspecified atom stereocenters. The third-order valence-corrected chi connectivity index (χ3v) is 4.11. The summed E-state index contributed by atoms with van der Waals surface area (Å²) in [6, 6.07) is 11.7. The zero-order valence-electron chi connectivity index (χ0n) is 13.1. The first-order chi connectivity index (χ1) is 11.1. The van der Waals surface area contributed by atoms with Crippen LogP contribution in [0.1, 0.15) is 30.9 Å². The quantitative estimate of drug-likeness (QED) is 0.922. The van der Waals surface area contributed by atoms with Gasteiger partial charge in [-0.2, -0.15) is 0 Å². The van der Waals surface area contributed by atoms with E-state index in [1.54, 1.807) is 6.92 Å². The van der Waals surface area contributed by atoms with Crippen LogP contribution in [0, 0.1) is 5.82 Å². The first-order valence-corrected chi connectivity index (χ1v) is 7.97. The number of halogens is 1. The average molecular weight is 313 g/mol. The predicted octanol–water partition coefficient (Wildman–Crippen LogP) is 4.11. The summed E-state index contributed by atoms with van der Waals surface area (Å²) in [6.45, 7) is 1.71. The number of rotatable bonds is 4. The molecular weight excluding hydrogens is 293 g/mol. The number of ether oxygens (including phenoxy) is 1. The molecule has 0 radical (unpaired) electrons. The Bertz CT molecular complexity index is 697. The Labute approximate surface area is 135 Å². The van der Waals surface area contributed by atoms with Gasteiger partial charge in [0.1, 0.15) is 11.6 Å². The third kappa shape index (κ3) is 3.89. The van der Waals surface area contributed by atoms with Crippen molar-refractivity contribution in [1.29, 1.82) is 0 Å². The minimum absolute atomic E-state index is 0.255. The van der Waals surface area contributed by atoms with Crippen LogP contribution in [-0.2, 0) is 17.6 Å². The molecule has 1 aliphatic carbocycles. The molecule has 2 aromatic carbocycles. The lowest BCUT2D eigenvalue weighted by Crippen LogP contribution is -2.30. The molecule has 4 heteroatoms. The highest BCUT2D eigenvalue weighted by atomic mass is 19.1. The first kappa shape index (κ1) is 15.5. The summed E-state index contributed by atoms with van der Waals surface area (Å²) in [6.07, 6.45) is 4.02. The number of anilines is 1. The fourth-order valence-corrected chi connectivity index (χ4v) is 2.82. The van der Waals surface area contributed by atoms with Gasteiger partial charge in [0.25, 0.3) is 5.91 Å². The van der Waals surface area contributed by atoms with E-state index in [2.05, 4.69) is 11.4 Å². The van der Waals surface area contributed by atoms with Gasteiger partial charge >= 0.3 is 0 Å². The Kier molecular flexibility index (Phi) is 4.60. The molecule has 0 bridgehead atoms. The number of hydrogen-bond acceptors (Lipinski definition) is 2. The molecular formula is C19H20FNO2. The van der Waals surface area contributed by atoms with Crippen LogP contribution in [0.25, 0.3) is 0 Å². The van der Waals surface area contributed by atoms with Crippen LogP contribution in [0.4, 0.5) is 10.1 Å². The van der Waals surface area contributed by atoms with E-state index in [0.29, 0.717) is 11.4 Å². The maximum atomic E-state index is 12.9. The molecule has 0 aromatic heterocycles. The summed E-state index contributed by atoms with van der Waals surface area (Å²) in [5.74, 6) is 0.128. The van der Waals surface area contributed by atoms with Gasteiger partial charge < -0.3 is 10.1 Å². The highest BCUT2D eigenvalue weighted by molar-refractivity contribution is 5.94. The molecule has 0 fully saturated rings. The van der Waals surface area contributed by atoms with E-state index in [0.717, 1.165) is 12.8 Å². The van der Waals surface area contributed by atoms with Gasteiger partial charge in [0.15, 0.2) is 6.10 Å². The first-order valence-electron chi connectivity index (χ1n) is 7.97. The summed E-state index contributed by atoms with van der Waals surface area (Å²) in [5.41, 5.74) is 3.25. The number of carbonyl (C=O) groups is 1. The Balaban J connectivity index is 1.62. The van der Waals surface area contributed by atoms with Gasteiger partial charge in [-0.15, -0.1) is 0 Å². The fraction of sp³-hybridized carbons (Fsp3) is 0.316. The zero-order valence-corrected chi connectivity index (χ0v) is 13.1. The molecule has 0 heterocycles. The molecule has 3 rings (SSSR count). The maximum absolute atomic E-state index is 12.9. The predicted molar refractivity (Wildman–Crippen MR) is 88.2 cm³/mol. The topological polar surface area (TPSA) is 38.3 Å². The molecule has 2 aromatic rings. The van der Waals surface area contributed by atoms with Gasteiger partial charge in [0, 0.05) is 5.69 Å². The van der Waals surface area contributed by atoms with Crippen molar-refractivity contribution in [1.82, 2.24) is 0 Å². The smallest absolute Gasteiger partial charge is 0.265 e. The molecule has 1 amide bonds. The molecule has 1 atom stereocenters. The average Bonchev–Trinajstić information content (AvgIpc) is 2.56. The number of aryl methyl sites for hydroxylation is 2. The van der Waals surface area contributed by atoms with E-state index in [1.165, 1.54) is 48.2 Å². The normalized spacial score (nSPS) is 14.7. The van der Waals surface area contributed by atoms with Crippen molar-refractivity contribution < 1.29 is 13.9 Å². The molecule has 23 heavy (non-hydrogen) atoms. The maximum Gasteiger partial charge on any atom is 0.265 e. The van der Waals surface area contributed by atoms with Gasteiger partial charge in [-0.3, -0.25) is 4.79 Å². The van der Waals surface area contributed by atoms with Crippen molar-refractivity contribution in [3.8, 4) is 5.75 Å². The number of benzene rings is 2. The fourth-order valence-electron chi connectivity index (χ4n) is 2.82. The number of fused-ring (bicyclic) bond motifs is 1. The van der Waals surface area contributed by atoms with Gasteiger partial charge in [-0.1, -0.05) is 6.07 Å². The number of hydrogen-bond donors (Lipinski definition) is 1.